The second-order valence-corrected chi connectivity index (χ2v) is 6.24. The monoisotopic (exact) mass is 314 g/mol. The van der Waals surface area contributed by atoms with E-state index in [0.29, 0.717) is 0 Å². The minimum atomic E-state index is 0.797. The summed E-state index contributed by atoms with van der Waals surface area (Å²) in [5, 5.41) is 2.43. The Labute approximate surface area is 140 Å². The highest BCUT2D eigenvalue weighted by Crippen LogP contribution is 2.28. The maximum atomic E-state index is 5.96. The number of fused-ring (bicyclic) bond motifs is 1. The maximum absolute atomic E-state index is 5.96. The number of rotatable bonds is 10. The number of ether oxygens (including phenoxy) is 2. The Morgan fingerprint density at radius 1 is 0.739 bits per heavy atom. The lowest BCUT2D eigenvalue weighted by Gasteiger charge is -2.12. The molecule has 0 aliphatic heterocycles. The van der Waals surface area contributed by atoms with Crippen molar-refractivity contribution in [3.8, 4) is 11.5 Å². The van der Waals surface area contributed by atoms with Crippen LogP contribution in [0.3, 0.4) is 0 Å². The molecule has 0 atom stereocenters. The zero-order valence-corrected chi connectivity index (χ0v) is 14.9. The van der Waals surface area contributed by atoms with Crippen molar-refractivity contribution in [2.24, 2.45) is 0 Å². The summed E-state index contributed by atoms with van der Waals surface area (Å²) in [6.07, 6.45) is 7.13. The molecule has 2 aromatic carbocycles. The largest absolute Gasteiger partial charge is 0.494 e. The number of hydrogen-bond acceptors (Lipinski definition) is 2. The fraction of sp³-hybridized carbons (Fsp3) is 0.524. The van der Waals surface area contributed by atoms with Crippen LogP contribution in [0.4, 0.5) is 0 Å². The van der Waals surface area contributed by atoms with Gasteiger partial charge in [-0.3, -0.25) is 0 Å². The lowest BCUT2D eigenvalue weighted by atomic mass is 10.1. The number of aryl methyl sites for hydroxylation is 1. The van der Waals surface area contributed by atoms with Crippen LogP contribution in [0.25, 0.3) is 10.8 Å². The molecule has 2 rings (SSSR count). The van der Waals surface area contributed by atoms with Crippen LogP contribution in [-0.4, -0.2) is 13.2 Å². The summed E-state index contributed by atoms with van der Waals surface area (Å²) in [4.78, 5) is 0. The van der Waals surface area contributed by atoms with Gasteiger partial charge in [-0.1, -0.05) is 45.6 Å². The molecule has 0 N–H and O–H groups in total. The molecule has 0 heterocycles. The third kappa shape index (κ3) is 5.46. The van der Waals surface area contributed by atoms with Crippen LogP contribution in [0.1, 0.15) is 57.9 Å². The van der Waals surface area contributed by atoms with E-state index in [1.165, 1.54) is 42.0 Å². The highest BCUT2D eigenvalue weighted by molar-refractivity contribution is 5.86. The maximum Gasteiger partial charge on any atom is 0.122 e. The van der Waals surface area contributed by atoms with E-state index >= 15 is 0 Å². The van der Waals surface area contributed by atoms with Gasteiger partial charge in [-0.05, 0) is 60.4 Å². The van der Waals surface area contributed by atoms with Crippen molar-refractivity contribution in [2.45, 2.75) is 59.3 Å². The fourth-order valence-corrected chi connectivity index (χ4v) is 2.69. The Hall–Kier alpha value is -1.70. The molecule has 2 aromatic rings. The molecule has 0 aromatic heterocycles. The van der Waals surface area contributed by atoms with E-state index in [9.17, 15) is 0 Å². The molecule has 0 spiro atoms. The molecule has 0 aliphatic rings. The molecule has 0 fully saturated rings. The van der Waals surface area contributed by atoms with E-state index in [1.807, 2.05) is 0 Å². The quantitative estimate of drug-likeness (QED) is 0.480. The smallest absolute Gasteiger partial charge is 0.122 e. The van der Waals surface area contributed by atoms with Gasteiger partial charge in [0.05, 0.1) is 13.2 Å². The van der Waals surface area contributed by atoms with Crippen molar-refractivity contribution >= 4 is 10.8 Å². The molecular weight excluding hydrogens is 284 g/mol. The predicted molar refractivity (Wildman–Crippen MR) is 98.7 cm³/mol. The van der Waals surface area contributed by atoms with Crippen LogP contribution in [0.2, 0.25) is 0 Å². The number of unbranched alkanes of at least 4 members (excludes halogenated alkanes) is 4. The van der Waals surface area contributed by atoms with Gasteiger partial charge in [0.1, 0.15) is 11.5 Å². The molecule has 0 radical (unpaired) electrons. The summed E-state index contributed by atoms with van der Waals surface area (Å²) in [5.41, 5.74) is 1.20. The van der Waals surface area contributed by atoms with Gasteiger partial charge in [0.25, 0.3) is 0 Å². The van der Waals surface area contributed by atoms with Crippen LogP contribution < -0.4 is 9.47 Å². The zero-order chi connectivity index (χ0) is 16.5. The number of benzene rings is 2. The second-order valence-electron chi connectivity index (χ2n) is 6.24. The molecule has 0 saturated heterocycles. The van der Waals surface area contributed by atoms with Crippen LogP contribution in [0, 0.1) is 6.92 Å². The Bertz CT molecular complexity index is 604. The summed E-state index contributed by atoms with van der Waals surface area (Å²) in [7, 11) is 0. The molecule has 23 heavy (non-hydrogen) atoms. The zero-order valence-electron chi connectivity index (χ0n) is 14.9. The van der Waals surface area contributed by atoms with E-state index in [-0.39, 0.29) is 0 Å². The standard InChI is InChI=1S/C21H30O2/c1-4-6-8-12-22-20-11-10-18-14-17(3)21(16-19(18)15-20)23-13-9-7-5-2/h10-11,14-16H,4-9,12-13H2,1-3H3. The Morgan fingerprint density at radius 3 is 2.13 bits per heavy atom. The van der Waals surface area contributed by atoms with Crippen molar-refractivity contribution in [1.29, 1.82) is 0 Å². The first-order chi connectivity index (χ1) is 11.2. The highest BCUT2D eigenvalue weighted by Gasteiger charge is 2.04. The van der Waals surface area contributed by atoms with Crippen molar-refractivity contribution in [3.63, 3.8) is 0 Å². The van der Waals surface area contributed by atoms with Crippen molar-refractivity contribution < 1.29 is 9.47 Å². The van der Waals surface area contributed by atoms with Gasteiger partial charge in [-0.2, -0.15) is 0 Å². The first-order valence-electron chi connectivity index (χ1n) is 9.04. The number of hydrogen-bond donors (Lipinski definition) is 0. The van der Waals surface area contributed by atoms with E-state index in [0.717, 1.165) is 37.6 Å². The normalized spacial score (nSPS) is 10.9. The fourth-order valence-electron chi connectivity index (χ4n) is 2.69. The minimum Gasteiger partial charge on any atom is -0.494 e. The summed E-state index contributed by atoms with van der Waals surface area (Å²) in [6, 6.07) is 10.7. The minimum absolute atomic E-state index is 0.797. The summed E-state index contributed by atoms with van der Waals surface area (Å²) < 4.78 is 11.8. The topological polar surface area (TPSA) is 18.5 Å². The average molecular weight is 314 g/mol. The van der Waals surface area contributed by atoms with Crippen LogP contribution in [0.15, 0.2) is 30.3 Å². The molecule has 0 saturated carbocycles. The SMILES string of the molecule is CCCCCOc1ccc2cc(C)c(OCCCCC)cc2c1. The van der Waals surface area contributed by atoms with E-state index in [2.05, 4.69) is 51.1 Å². The van der Waals surface area contributed by atoms with Gasteiger partial charge in [0.2, 0.25) is 0 Å². The van der Waals surface area contributed by atoms with Crippen LogP contribution in [0.5, 0.6) is 11.5 Å². The molecule has 2 nitrogen and oxygen atoms in total. The van der Waals surface area contributed by atoms with Gasteiger partial charge in [-0.25, -0.2) is 0 Å². The first kappa shape index (κ1) is 17.7. The van der Waals surface area contributed by atoms with Gasteiger partial charge < -0.3 is 9.47 Å². The summed E-state index contributed by atoms with van der Waals surface area (Å²) in [5.74, 6) is 1.95. The van der Waals surface area contributed by atoms with Crippen LogP contribution in [-0.2, 0) is 0 Å². The molecular formula is C21H30O2. The van der Waals surface area contributed by atoms with E-state index < -0.39 is 0 Å². The van der Waals surface area contributed by atoms with Gasteiger partial charge in [0.15, 0.2) is 0 Å². The van der Waals surface area contributed by atoms with Crippen LogP contribution >= 0.6 is 0 Å². The van der Waals surface area contributed by atoms with E-state index in [1.54, 1.807) is 0 Å². The van der Waals surface area contributed by atoms with Gasteiger partial charge >= 0.3 is 0 Å². The Balaban J connectivity index is 2.05. The Morgan fingerprint density at radius 2 is 1.43 bits per heavy atom. The summed E-state index contributed by atoms with van der Waals surface area (Å²) in [6.45, 7) is 8.13. The second kappa shape index (κ2) is 9.44. The molecule has 0 unspecified atom stereocenters. The third-order valence-electron chi connectivity index (χ3n) is 4.13. The van der Waals surface area contributed by atoms with Crippen molar-refractivity contribution in [2.75, 3.05) is 13.2 Å². The highest BCUT2D eigenvalue weighted by atomic mass is 16.5. The van der Waals surface area contributed by atoms with E-state index in [4.69, 9.17) is 9.47 Å². The van der Waals surface area contributed by atoms with Crippen molar-refractivity contribution in [3.05, 3.63) is 35.9 Å². The first-order valence-corrected chi connectivity index (χ1v) is 9.04. The third-order valence-corrected chi connectivity index (χ3v) is 4.13. The molecule has 0 amide bonds. The average Bonchev–Trinajstić information content (AvgIpc) is 2.56. The predicted octanol–water partition coefficient (Wildman–Crippen LogP) is 6.29. The van der Waals surface area contributed by atoms with Crippen molar-refractivity contribution in [1.82, 2.24) is 0 Å². The Kier molecular flexibility index (Phi) is 7.25. The van der Waals surface area contributed by atoms with Gasteiger partial charge in [0, 0.05) is 0 Å². The summed E-state index contributed by atoms with van der Waals surface area (Å²) >= 11 is 0. The molecule has 0 aliphatic carbocycles. The molecule has 0 bridgehead atoms. The van der Waals surface area contributed by atoms with Gasteiger partial charge in [-0.15, -0.1) is 0 Å². The lowest BCUT2D eigenvalue weighted by molar-refractivity contribution is 0.304. The molecule has 126 valence electrons. The lowest BCUT2D eigenvalue weighted by Crippen LogP contribution is -1.99. The molecule has 2 heteroatoms.